The van der Waals surface area contributed by atoms with Gasteiger partial charge in [0.1, 0.15) is 11.5 Å². The van der Waals surface area contributed by atoms with Gasteiger partial charge in [-0.05, 0) is 29.8 Å². The van der Waals surface area contributed by atoms with Gasteiger partial charge in [0, 0.05) is 11.8 Å². The summed E-state index contributed by atoms with van der Waals surface area (Å²) in [4.78, 5) is 0. The molecule has 0 heterocycles. The minimum Gasteiger partial charge on any atom is -0.456 e. The number of nitriles is 1. The normalized spacial score (nSPS) is 10.1. The van der Waals surface area contributed by atoms with E-state index >= 15 is 0 Å². The van der Waals surface area contributed by atoms with Crippen LogP contribution in [0, 0.1) is 11.3 Å². The molecule has 2 rings (SSSR count). The first-order valence-corrected chi connectivity index (χ1v) is 6.72. The lowest BCUT2D eigenvalue weighted by atomic mass is 10.1. The zero-order valence-electron chi connectivity index (χ0n) is 10.2. The number of nitrogens with two attached hydrogens (primary N) is 1. The summed E-state index contributed by atoms with van der Waals surface area (Å²) in [6.45, 7) is 0. The van der Waals surface area contributed by atoms with Gasteiger partial charge in [-0.15, -0.1) is 0 Å². The molecule has 0 saturated carbocycles. The molecule has 0 amide bonds. The van der Waals surface area contributed by atoms with E-state index in [4.69, 9.17) is 50.5 Å². The van der Waals surface area contributed by atoms with Gasteiger partial charge in [0.15, 0.2) is 0 Å². The van der Waals surface area contributed by atoms with Crippen molar-refractivity contribution < 1.29 is 4.74 Å². The number of anilines is 1. The predicted molar refractivity (Wildman–Crippen MR) is 81.7 cm³/mol. The zero-order valence-corrected chi connectivity index (χ0v) is 12.4. The van der Waals surface area contributed by atoms with Crippen LogP contribution in [0.5, 0.6) is 11.5 Å². The smallest absolute Gasteiger partial charge is 0.147 e. The maximum Gasteiger partial charge on any atom is 0.147 e. The number of rotatable bonds is 3. The highest BCUT2D eigenvalue weighted by molar-refractivity contribution is 6.43. The van der Waals surface area contributed by atoms with Crippen molar-refractivity contribution in [3.63, 3.8) is 0 Å². The van der Waals surface area contributed by atoms with Crippen molar-refractivity contribution in [2.24, 2.45) is 0 Å². The summed E-state index contributed by atoms with van der Waals surface area (Å²) in [6.07, 6.45) is 0.206. The number of nitrogen functional groups attached to an aromatic ring is 1. The lowest BCUT2D eigenvalue weighted by Gasteiger charge is -2.10. The average molecular weight is 328 g/mol. The van der Waals surface area contributed by atoms with Crippen LogP contribution < -0.4 is 10.5 Å². The monoisotopic (exact) mass is 326 g/mol. The van der Waals surface area contributed by atoms with E-state index < -0.39 is 0 Å². The molecule has 2 aromatic carbocycles. The average Bonchev–Trinajstić information content (AvgIpc) is 2.40. The van der Waals surface area contributed by atoms with Crippen molar-refractivity contribution in [1.82, 2.24) is 0 Å². The molecule has 0 bridgehead atoms. The zero-order chi connectivity index (χ0) is 14.7. The molecule has 0 unspecified atom stereocenters. The Labute approximate surface area is 131 Å². The Balaban J connectivity index is 2.33. The molecule has 0 saturated heterocycles. The van der Waals surface area contributed by atoms with Crippen LogP contribution in [-0.4, -0.2) is 0 Å². The molecule has 0 aliphatic carbocycles. The predicted octanol–water partition coefficient (Wildman–Crippen LogP) is 5.09. The summed E-state index contributed by atoms with van der Waals surface area (Å²) in [7, 11) is 0. The van der Waals surface area contributed by atoms with Crippen molar-refractivity contribution in [3.05, 3.63) is 51.0 Å². The fourth-order valence-corrected chi connectivity index (χ4v) is 2.17. The summed E-state index contributed by atoms with van der Waals surface area (Å²) in [5.74, 6) is 0.901. The van der Waals surface area contributed by atoms with E-state index in [0.29, 0.717) is 37.8 Å². The topological polar surface area (TPSA) is 59.0 Å². The van der Waals surface area contributed by atoms with E-state index in [-0.39, 0.29) is 6.42 Å². The van der Waals surface area contributed by atoms with Gasteiger partial charge in [-0.3, -0.25) is 0 Å². The minimum atomic E-state index is 0.206. The van der Waals surface area contributed by atoms with E-state index in [1.165, 1.54) is 12.1 Å². The van der Waals surface area contributed by atoms with E-state index in [1.807, 2.05) is 6.07 Å². The lowest BCUT2D eigenvalue weighted by Crippen LogP contribution is -1.94. The molecule has 3 nitrogen and oxygen atoms in total. The number of benzene rings is 2. The third kappa shape index (κ3) is 3.29. The number of ether oxygens (including phenoxy) is 1. The molecule has 102 valence electrons. The molecular formula is C14H9Cl3N2O. The quantitative estimate of drug-likeness (QED) is 0.631. The van der Waals surface area contributed by atoms with Crippen LogP contribution in [0.1, 0.15) is 5.56 Å². The van der Waals surface area contributed by atoms with Crippen LogP contribution in [0.15, 0.2) is 30.3 Å². The number of hydrogen-bond donors (Lipinski definition) is 1. The van der Waals surface area contributed by atoms with Gasteiger partial charge >= 0.3 is 0 Å². The second-order valence-corrected chi connectivity index (χ2v) is 5.22. The van der Waals surface area contributed by atoms with Crippen molar-refractivity contribution >= 4 is 40.5 Å². The SMILES string of the molecule is N#CCc1cc(Oc2cc(Cl)c(Cl)cc2Cl)ccc1N. The maximum atomic E-state index is 8.74. The first-order chi connectivity index (χ1) is 9.51. The summed E-state index contributed by atoms with van der Waals surface area (Å²) in [5.41, 5.74) is 7.01. The Morgan fingerprint density at radius 1 is 1.05 bits per heavy atom. The summed E-state index contributed by atoms with van der Waals surface area (Å²) in [5, 5.41) is 9.78. The van der Waals surface area contributed by atoms with Crippen LogP contribution in [0.3, 0.4) is 0 Å². The molecule has 2 N–H and O–H groups in total. The molecule has 0 radical (unpaired) electrons. The van der Waals surface area contributed by atoms with E-state index in [1.54, 1.807) is 18.2 Å². The Kier molecular flexibility index (Phi) is 4.61. The van der Waals surface area contributed by atoms with E-state index in [2.05, 4.69) is 0 Å². The molecule has 6 heteroatoms. The van der Waals surface area contributed by atoms with Crippen LogP contribution in [0.25, 0.3) is 0 Å². The van der Waals surface area contributed by atoms with Gasteiger partial charge in [0.05, 0.1) is 27.6 Å². The molecule has 0 fully saturated rings. The largest absolute Gasteiger partial charge is 0.456 e. The molecule has 0 atom stereocenters. The maximum absolute atomic E-state index is 8.74. The molecule has 0 aromatic heterocycles. The molecule has 0 spiro atoms. The number of nitrogens with zero attached hydrogens (tertiary/aromatic N) is 1. The van der Waals surface area contributed by atoms with Crippen LogP contribution in [0.4, 0.5) is 5.69 Å². The van der Waals surface area contributed by atoms with Crippen LogP contribution in [0.2, 0.25) is 15.1 Å². The Morgan fingerprint density at radius 3 is 2.45 bits per heavy atom. The van der Waals surface area contributed by atoms with Gasteiger partial charge < -0.3 is 10.5 Å². The van der Waals surface area contributed by atoms with Crippen LogP contribution in [-0.2, 0) is 6.42 Å². The summed E-state index contributed by atoms with van der Waals surface area (Å²) in [6, 6.07) is 10.1. The lowest BCUT2D eigenvalue weighted by molar-refractivity contribution is 0.482. The van der Waals surface area contributed by atoms with Gasteiger partial charge in [-0.1, -0.05) is 34.8 Å². The first kappa shape index (κ1) is 14.8. The van der Waals surface area contributed by atoms with E-state index in [0.717, 1.165) is 0 Å². The first-order valence-electron chi connectivity index (χ1n) is 5.59. The third-order valence-electron chi connectivity index (χ3n) is 2.59. The fourth-order valence-electron chi connectivity index (χ4n) is 1.59. The van der Waals surface area contributed by atoms with Crippen LogP contribution >= 0.6 is 34.8 Å². The molecule has 0 aliphatic rings. The minimum absolute atomic E-state index is 0.206. The van der Waals surface area contributed by atoms with Crippen molar-refractivity contribution in [3.8, 4) is 17.6 Å². The second kappa shape index (κ2) is 6.23. The molecular weight excluding hydrogens is 319 g/mol. The molecule has 20 heavy (non-hydrogen) atoms. The Morgan fingerprint density at radius 2 is 1.75 bits per heavy atom. The molecule has 0 aliphatic heterocycles. The number of hydrogen-bond acceptors (Lipinski definition) is 3. The van der Waals surface area contributed by atoms with Crippen molar-refractivity contribution in [2.75, 3.05) is 5.73 Å². The third-order valence-corrected chi connectivity index (χ3v) is 3.60. The summed E-state index contributed by atoms with van der Waals surface area (Å²) < 4.78 is 5.65. The van der Waals surface area contributed by atoms with Gasteiger partial charge in [-0.2, -0.15) is 5.26 Å². The standard InChI is InChI=1S/C14H9Cl3N2O/c15-10-6-12(17)14(7-11(10)16)20-9-1-2-13(19)8(5-9)3-4-18/h1-2,5-7H,3,19H2. The fraction of sp³-hybridized carbons (Fsp3) is 0.0714. The Hall–Kier alpha value is -1.60. The number of halogens is 3. The highest BCUT2D eigenvalue weighted by atomic mass is 35.5. The van der Waals surface area contributed by atoms with Gasteiger partial charge in [-0.25, -0.2) is 0 Å². The van der Waals surface area contributed by atoms with E-state index in [9.17, 15) is 0 Å². The Bertz CT molecular complexity index is 696. The highest BCUT2D eigenvalue weighted by Gasteiger charge is 2.09. The molecule has 2 aromatic rings. The highest BCUT2D eigenvalue weighted by Crippen LogP contribution is 2.36. The summed E-state index contributed by atoms with van der Waals surface area (Å²) >= 11 is 17.8. The second-order valence-electron chi connectivity index (χ2n) is 3.99. The van der Waals surface area contributed by atoms with Gasteiger partial charge in [0.25, 0.3) is 0 Å². The van der Waals surface area contributed by atoms with Crippen molar-refractivity contribution in [1.29, 1.82) is 5.26 Å². The van der Waals surface area contributed by atoms with Crippen molar-refractivity contribution in [2.45, 2.75) is 6.42 Å². The van der Waals surface area contributed by atoms with Gasteiger partial charge in [0.2, 0.25) is 0 Å².